The van der Waals surface area contributed by atoms with Crippen LogP contribution in [0.25, 0.3) is 0 Å². The van der Waals surface area contributed by atoms with Gasteiger partial charge in [0.15, 0.2) is 0 Å². The minimum atomic E-state index is -0.613. The molecule has 2 heterocycles. The van der Waals surface area contributed by atoms with Gasteiger partial charge in [0.2, 0.25) is 5.91 Å². The van der Waals surface area contributed by atoms with Crippen LogP contribution in [-0.2, 0) is 4.79 Å². The minimum Gasteiger partial charge on any atom is -0.383 e. The molecule has 18 heavy (non-hydrogen) atoms. The summed E-state index contributed by atoms with van der Waals surface area (Å²) < 4.78 is 0. The van der Waals surface area contributed by atoms with Crippen LogP contribution in [0.4, 0.5) is 5.69 Å². The summed E-state index contributed by atoms with van der Waals surface area (Å²) in [7, 11) is 0. The maximum Gasteiger partial charge on any atom is 0.231 e. The number of benzene rings is 1. The van der Waals surface area contributed by atoms with E-state index in [1.807, 2.05) is 42.6 Å². The number of carbonyl (C=O) groups is 1. The molecule has 1 aliphatic heterocycles. The molecule has 0 saturated heterocycles. The Labute approximate surface area is 109 Å². The van der Waals surface area contributed by atoms with Crippen LogP contribution < -0.4 is 5.32 Å². The maximum atomic E-state index is 11.6. The van der Waals surface area contributed by atoms with Crippen LogP contribution in [0.3, 0.4) is 0 Å². The second kappa shape index (κ2) is 4.23. The molecule has 1 aromatic carbocycles. The van der Waals surface area contributed by atoms with Crippen LogP contribution in [0.1, 0.15) is 34.9 Å². The van der Waals surface area contributed by atoms with Gasteiger partial charge in [-0.15, -0.1) is 11.3 Å². The Hall–Kier alpha value is -1.65. The number of thiophene rings is 1. The van der Waals surface area contributed by atoms with Gasteiger partial charge < -0.3 is 10.4 Å². The SMILES string of the molecule is CC1C(=O)Nc2ccc(C(O)c3cccs3)cc21. The highest BCUT2D eigenvalue weighted by Gasteiger charge is 2.27. The Morgan fingerprint density at radius 2 is 2.22 bits per heavy atom. The normalized spacial score (nSPS) is 19.4. The van der Waals surface area contributed by atoms with E-state index >= 15 is 0 Å². The first kappa shape index (κ1) is 11.4. The van der Waals surface area contributed by atoms with Crippen molar-refractivity contribution in [3.8, 4) is 0 Å². The van der Waals surface area contributed by atoms with Gasteiger partial charge in [0.25, 0.3) is 0 Å². The standard InChI is InChI=1S/C14H13NO2S/c1-8-10-7-9(4-5-11(10)15-14(8)17)13(16)12-3-2-6-18-12/h2-8,13,16H,1H3,(H,15,17). The molecule has 0 radical (unpaired) electrons. The predicted octanol–water partition coefficient (Wildman–Crippen LogP) is 2.89. The molecular formula is C14H13NO2S. The van der Waals surface area contributed by atoms with Crippen molar-refractivity contribution in [1.82, 2.24) is 0 Å². The van der Waals surface area contributed by atoms with E-state index in [0.717, 1.165) is 21.7 Å². The number of carbonyl (C=O) groups excluding carboxylic acids is 1. The largest absolute Gasteiger partial charge is 0.383 e. The van der Waals surface area contributed by atoms with Crippen molar-refractivity contribution in [1.29, 1.82) is 0 Å². The highest BCUT2D eigenvalue weighted by molar-refractivity contribution is 7.10. The number of hydrogen-bond donors (Lipinski definition) is 2. The summed E-state index contributed by atoms with van der Waals surface area (Å²) in [5.74, 6) is -0.122. The Kier molecular flexibility index (Phi) is 2.69. The lowest BCUT2D eigenvalue weighted by atomic mass is 9.98. The molecule has 0 aliphatic carbocycles. The summed E-state index contributed by atoms with van der Waals surface area (Å²) in [6.07, 6.45) is -0.613. The molecule has 4 heteroatoms. The monoisotopic (exact) mass is 259 g/mol. The lowest BCUT2D eigenvalue weighted by Gasteiger charge is -2.11. The zero-order valence-corrected chi connectivity index (χ0v) is 10.7. The van der Waals surface area contributed by atoms with Crippen LogP contribution in [0.15, 0.2) is 35.7 Å². The highest BCUT2D eigenvalue weighted by Crippen LogP contribution is 2.35. The molecule has 2 atom stereocenters. The van der Waals surface area contributed by atoms with Crippen molar-refractivity contribution in [3.63, 3.8) is 0 Å². The molecule has 0 fully saturated rings. The van der Waals surface area contributed by atoms with Crippen molar-refractivity contribution in [2.45, 2.75) is 18.9 Å². The third kappa shape index (κ3) is 1.74. The van der Waals surface area contributed by atoms with Crippen LogP contribution in [0.2, 0.25) is 0 Å². The van der Waals surface area contributed by atoms with Gasteiger partial charge in [-0.1, -0.05) is 12.1 Å². The quantitative estimate of drug-likeness (QED) is 0.871. The number of anilines is 1. The molecule has 92 valence electrons. The first-order valence-corrected chi connectivity index (χ1v) is 6.71. The first-order chi connectivity index (χ1) is 8.66. The smallest absolute Gasteiger partial charge is 0.231 e. The van der Waals surface area contributed by atoms with Crippen LogP contribution >= 0.6 is 11.3 Å². The summed E-state index contributed by atoms with van der Waals surface area (Å²) in [6.45, 7) is 1.88. The second-order valence-corrected chi connectivity index (χ2v) is 5.45. The summed E-state index contributed by atoms with van der Waals surface area (Å²) in [4.78, 5) is 12.5. The van der Waals surface area contributed by atoms with E-state index in [1.165, 1.54) is 11.3 Å². The van der Waals surface area contributed by atoms with E-state index in [0.29, 0.717) is 0 Å². The van der Waals surface area contributed by atoms with E-state index < -0.39 is 6.10 Å². The maximum absolute atomic E-state index is 11.6. The Bertz CT molecular complexity index is 592. The van der Waals surface area contributed by atoms with Crippen LogP contribution in [0, 0.1) is 0 Å². The number of rotatable bonds is 2. The number of aliphatic hydroxyl groups excluding tert-OH is 1. The summed E-state index contributed by atoms with van der Waals surface area (Å²) in [5.41, 5.74) is 2.65. The lowest BCUT2D eigenvalue weighted by molar-refractivity contribution is -0.116. The second-order valence-electron chi connectivity index (χ2n) is 4.48. The Balaban J connectivity index is 1.99. The number of amides is 1. The number of hydrogen-bond acceptors (Lipinski definition) is 3. The summed E-state index contributed by atoms with van der Waals surface area (Å²) in [6, 6.07) is 9.48. The van der Waals surface area contributed by atoms with Crippen molar-refractivity contribution >= 4 is 22.9 Å². The Morgan fingerprint density at radius 3 is 2.94 bits per heavy atom. The van der Waals surface area contributed by atoms with Gasteiger partial charge in [-0.2, -0.15) is 0 Å². The summed E-state index contributed by atoms with van der Waals surface area (Å²) >= 11 is 1.53. The van der Waals surface area contributed by atoms with Crippen LogP contribution in [0.5, 0.6) is 0 Å². The molecule has 3 rings (SSSR count). The highest BCUT2D eigenvalue weighted by atomic mass is 32.1. The van der Waals surface area contributed by atoms with E-state index in [1.54, 1.807) is 0 Å². The van der Waals surface area contributed by atoms with E-state index in [-0.39, 0.29) is 11.8 Å². The third-order valence-electron chi connectivity index (χ3n) is 3.32. The van der Waals surface area contributed by atoms with E-state index in [9.17, 15) is 9.90 Å². The molecule has 2 aromatic rings. The molecule has 2 unspecified atom stereocenters. The van der Waals surface area contributed by atoms with Gasteiger partial charge in [0, 0.05) is 10.6 Å². The molecule has 2 N–H and O–H groups in total. The van der Waals surface area contributed by atoms with Gasteiger partial charge in [-0.3, -0.25) is 4.79 Å². The van der Waals surface area contributed by atoms with Gasteiger partial charge in [0.1, 0.15) is 6.10 Å². The molecule has 1 amide bonds. The molecule has 3 nitrogen and oxygen atoms in total. The zero-order valence-electron chi connectivity index (χ0n) is 9.88. The fourth-order valence-electron chi connectivity index (χ4n) is 2.22. The van der Waals surface area contributed by atoms with Crippen molar-refractivity contribution in [2.24, 2.45) is 0 Å². The lowest BCUT2D eigenvalue weighted by Crippen LogP contribution is -2.08. The zero-order chi connectivity index (χ0) is 12.7. The molecule has 1 aromatic heterocycles. The summed E-state index contributed by atoms with van der Waals surface area (Å²) in [5, 5.41) is 15.0. The topological polar surface area (TPSA) is 49.3 Å². The first-order valence-electron chi connectivity index (χ1n) is 5.83. The molecule has 0 saturated carbocycles. The average Bonchev–Trinajstić information content (AvgIpc) is 2.99. The van der Waals surface area contributed by atoms with Crippen LogP contribution in [-0.4, -0.2) is 11.0 Å². The fourth-order valence-corrected chi connectivity index (χ4v) is 2.95. The van der Waals surface area contributed by atoms with Crippen molar-refractivity contribution in [2.75, 3.05) is 5.32 Å². The molecule has 1 aliphatic rings. The predicted molar refractivity (Wildman–Crippen MR) is 71.9 cm³/mol. The van der Waals surface area contributed by atoms with E-state index in [4.69, 9.17) is 0 Å². The number of aliphatic hydroxyl groups is 1. The fraction of sp³-hybridized carbons (Fsp3) is 0.214. The van der Waals surface area contributed by atoms with Gasteiger partial charge >= 0.3 is 0 Å². The molecule has 0 spiro atoms. The van der Waals surface area contributed by atoms with Crippen molar-refractivity contribution < 1.29 is 9.90 Å². The van der Waals surface area contributed by atoms with Gasteiger partial charge in [0.05, 0.1) is 5.92 Å². The van der Waals surface area contributed by atoms with Crippen molar-refractivity contribution in [3.05, 3.63) is 51.7 Å². The average molecular weight is 259 g/mol. The number of nitrogens with one attached hydrogen (secondary N) is 1. The van der Waals surface area contributed by atoms with Gasteiger partial charge in [-0.05, 0) is 41.6 Å². The molecule has 0 bridgehead atoms. The minimum absolute atomic E-state index is 0.0211. The van der Waals surface area contributed by atoms with E-state index in [2.05, 4.69) is 5.32 Å². The molecular weight excluding hydrogens is 246 g/mol. The Morgan fingerprint density at radius 1 is 1.39 bits per heavy atom. The third-order valence-corrected chi connectivity index (χ3v) is 4.25. The van der Waals surface area contributed by atoms with Gasteiger partial charge in [-0.25, -0.2) is 0 Å². The number of fused-ring (bicyclic) bond motifs is 1.